The van der Waals surface area contributed by atoms with Gasteiger partial charge in [0.15, 0.2) is 16.7 Å². The standard InChI is InChI=1S/C18H13Cl2N5OS/c19-11-1-3-13(20)10(5-11)7-21-18(26)23-12-2-4-14-15(6-12)25-17(24-14)16-8-27-9-22-16/h1-6,8-9H,7H2,(H,24,25)(H2,21,23,26)/p+1. The second-order valence-corrected chi connectivity index (χ2v) is 7.36. The fourth-order valence-electron chi connectivity index (χ4n) is 2.63. The summed E-state index contributed by atoms with van der Waals surface area (Å²) in [4.78, 5) is 23.0. The van der Waals surface area contributed by atoms with Gasteiger partial charge in [-0.15, -0.1) is 11.3 Å². The SMILES string of the molecule is O=C(NCc1cc(Cl)ccc1Cl)Nc1ccc2[nH+]c(-c3cscn3)[nH]c2c1. The topological polar surface area (TPSA) is 83.9 Å². The molecule has 2 amide bonds. The smallest absolute Gasteiger partial charge is 0.319 e. The third kappa shape index (κ3) is 4.05. The number of fused-ring (bicyclic) bond motifs is 1. The quantitative estimate of drug-likeness (QED) is 0.447. The number of urea groups is 1. The number of aromatic amines is 2. The second kappa shape index (κ2) is 7.56. The van der Waals surface area contributed by atoms with Crippen molar-refractivity contribution < 1.29 is 9.78 Å². The molecule has 27 heavy (non-hydrogen) atoms. The van der Waals surface area contributed by atoms with Gasteiger partial charge < -0.3 is 10.6 Å². The van der Waals surface area contributed by atoms with Gasteiger partial charge in [0, 0.05) is 33.7 Å². The van der Waals surface area contributed by atoms with E-state index in [1.165, 1.54) is 11.3 Å². The molecule has 0 radical (unpaired) electrons. The first kappa shape index (κ1) is 17.8. The van der Waals surface area contributed by atoms with Gasteiger partial charge in [-0.25, -0.2) is 19.7 Å². The lowest BCUT2D eigenvalue weighted by Gasteiger charge is -2.09. The summed E-state index contributed by atoms with van der Waals surface area (Å²) in [6.45, 7) is 0.276. The normalized spacial score (nSPS) is 10.9. The number of halogens is 2. The van der Waals surface area contributed by atoms with Crippen molar-refractivity contribution in [2.45, 2.75) is 6.54 Å². The molecule has 2 aromatic carbocycles. The number of nitrogens with zero attached hydrogens (tertiary/aromatic N) is 1. The predicted octanol–water partition coefficient (Wildman–Crippen LogP) is 4.73. The van der Waals surface area contributed by atoms with Gasteiger partial charge in [-0.1, -0.05) is 23.2 Å². The van der Waals surface area contributed by atoms with E-state index in [0.29, 0.717) is 15.7 Å². The number of rotatable bonds is 4. The average molecular weight is 419 g/mol. The number of anilines is 1. The van der Waals surface area contributed by atoms with Gasteiger partial charge in [-0.05, 0) is 35.9 Å². The Balaban J connectivity index is 1.44. The van der Waals surface area contributed by atoms with Crippen molar-refractivity contribution >= 4 is 57.3 Å². The maximum absolute atomic E-state index is 12.2. The summed E-state index contributed by atoms with van der Waals surface area (Å²) < 4.78 is 0. The van der Waals surface area contributed by atoms with Gasteiger partial charge in [-0.2, -0.15) is 0 Å². The van der Waals surface area contributed by atoms with Crippen LogP contribution in [0.4, 0.5) is 10.5 Å². The highest BCUT2D eigenvalue weighted by Gasteiger charge is 2.14. The van der Waals surface area contributed by atoms with Gasteiger partial charge in [0.1, 0.15) is 0 Å². The monoisotopic (exact) mass is 418 g/mol. The van der Waals surface area contributed by atoms with Crippen molar-refractivity contribution in [3.05, 3.63) is 62.9 Å². The molecule has 6 nitrogen and oxygen atoms in total. The third-order valence-corrected chi connectivity index (χ3v) is 5.12. The molecule has 4 aromatic rings. The average Bonchev–Trinajstić information content (AvgIpc) is 3.31. The van der Waals surface area contributed by atoms with Crippen molar-refractivity contribution in [2.75, 3.05) is 5.32 Å². The molecule has 2 heterocycles. The zero-order valence-electron chi connectivity index (χ0n) is 13.8. The van der Waals surface area contributed by atoms with Crippen molar-refractivity contribution in [1.29, 1.82) is 0 Å². The first-order chi connectivity index (χ1) is 13.1. The van der Waals surface area contributed by atoms with E-state index in [4.69, 9.17) is 23.2 Å². The predicted molar refractivity (Wildman–Crippen MR) is 108 cm³/mol. The minimum atomic E-state index is -0.333. The largest absolute Gasteiger partial charge is 0.334 e. The summed E-state index contributed by atoms with van der Waals surface area (Å²) in [5, 5.41) is 8.66. The highest BCUT2D eigenvalue weighted by atomic mass is 35.5. The minimum absolute atomic E-state index is 0.276. The molecule has 136 valence electrons. The van der Waals surface area contributed by atoms with Crippen LogP contribution in [0.3, 0.4) is 0 Å². The third-order valence-electron chi connectivity index (χ3n) is 3.93. The number of carbonyl (C=O) groups excluding carboxylic acids is 1. The molecule has 0 saturated carbocycles. The molecule has 0 aliphatic carbocycles. The fourth-order valence-corrected chi connectivity index (χ4v) is 3.55. The van der Waals surface area contributed by atoms with Crippen LogP contribution in [0.25, 0.3) is 22.6 Å². The van der Waals surface area contributed by atoms with Crippen LogP contribution in [0.5, 0.6) is 0 Å². The highest BCUT2D eigenvalue weighted by molar-refractivity contribution is 7.07. The van der Waals surface area contributed by atoms with Gasteiger partial charge >= 0.3 is 11.9 Å². The van der Waals surface area contributed by atoms with Crippen LogP contribution in [0.1, 0.15) is 5.56 Å². The van der Waals surface area contributed by atoms with E-state index in [2.05, 4.69) is 25.6 Å². The Labute approximate surface area is 168 Å². The van der Waals surface area contributed by atoms with Crippen LogP contribution >= 0.6 is 34.5 Å². The molecule has 4 N–H and O–H groups in total. The molecule has 0 bridgehead atoms. The molecule has 0 aliphatic heterocycles. The van der Waals surface area contributed by atoms with E-state index in [-0.39, 0.29) is 12.6 Å². The number of hydrogen-bond acceptors (Lipinski definition) is 3. The van der Waals surface area contributed by atoms with E-state index in [1.54, 1.807) is 23.7 Å². The van der Waals surface area contributed by atoms with E-state index in [1.807, 2.05) is 23.6 Å². The number of amides is 2. The van der Waals surface area contributed by atoms with Gasteiger partial charge in [0.2, 0.25) is 0 Å². The van der Waals surface area contributed by atoms with E-state index >= 15 is 0 Å². The zero-order chi connectivity index (χ0) is 18.8. The summed E-state index contributed by atoms with van der Waals surface area (Å²) in [7, 11) is 0. The molecule has 0 fully saturated rings. The molecule has 2 aromatic heterocycles. The summed E-state index contributed by atoms with van der Waals surface area (Å²) in [5.74, 6) is 0.823. The molecule has 0 unspecified atom stereocenters. The summed E-state index contributed by atoms with van der Waals surface area (Å²) >= 11 is 13.6. The van der Waals surface area contributed by atoms with E-state index in [9.17, 15) is 4.79 Å². The highest BCUT2D eigenvalue weighted by Crippen LogP contribution is 2.21. The Bertz CT molecular complexity index is 1110. The summed E-state index contributed by atoms with van der Waals surface area (Å²) in [5.41, 5.74) is 5.84. The number of nitrogens with one attached hydrogen (secondary N) is 4. The molecular weight excluding hydrogens is 405 g/mol. The molecule has 0 spiro atoms. The van der Waals surface area contributed by atoms with Crippen molar-refractivity contribution in [1.82, 2.24) is 15.3 Å². The number of aromatic nitrogens is 3. The maximum atomic E-state index is 12.2. The lowest BCUT2D eigenvalue weighted by molar-refractivity contribution is -0.330. The van der Waals surface area contributed by atoms with Crippen LogP contribution in [-0.4, -0.2) is 16.0 Å². The fraction of sp³-hybridized carbons (Fsp3) is 0.0556. The van der Waals surface area contributed by atoms with E-state index < -0.39 is 0 Å². The Kier molecular flexibility index (Phi) is 4.98. The van der Waals surface area contributed by atoms with Crippen LogP contribution in [0.15, 0.2) is 47.3 Å². The molecule has 0 atom stereocenters. The van der Waals surface area contributed by atoms with Gasteiger partial charge in [-0.3, -0.25) is 0 Å². The second-order valence-electron chi connectivity index (χ2n) is 5.80. The number of hydrogen-bond donors (Lipinski definition) is 3. The molecule has 4 rings (SSSR count). The lowest BCUT2D eigenvalue weighted by atomic mass is 10.2. The number of benzene rings is 2. The summed E-state index contributed by atoms with van der Waals surface area (Å²) in [6.07, 6.45) is 0. The van der Waals surface area contributed by atoms with Crippen LogP contribution in [-0.2, 0) is 6.54 Å². The first-order valence-corrected chi connectivity index (χ1v) is 9.71. The molecule has 0 saturated heterocycles. The van der Waals surface area contributed by atoms with Gasteiger partial charge in [0.25, 0.3) is 0 Å². The van der Waals surface area contributed by atoms with Crippen LogP contribution in [0, 0.1) is 0 Å². The number of imidazole rings is 1. The van der Waals surface area contributed by atoms with Crippen molar-refractivity contribution in [3.63, 3.8) is 0 Å². The molecule has 9 heteroatoms. The molecule has 0 aliphatic rings. The Morgan fingerprint density at radius 1 is 1.22 bits per heavy atom. The first-order valence-electron chi connectivity index (χ1n) is 8.01. The summed E-state index contributed by atoms with van der Waals surface area (Å²) in [6, 6.07) is 10.4. The lowest BCUT2D eigenvalue weighted by Crippen LogP contribution is -2.28. The number of H-pyrrole nitrogens is 2. The van der Waals surface area contributed by atoms with Crippen LogP contribution < -0.4 is 15.6 Å². The Morgan fingerprint density at radius 2 is 2.11 bits per heavy atom. The maximum Gasteiger partial charge on any atom is 0.319 e. The number of carbonyl (C=O) groups is 1. The number of thiazole rings is 1. The van der Waals surface area contributed by atoms with Crippen molar-refractivity contribution in [2.24, 2.45) is 0 Å². The Hall–Kier alpha value is -2.61. The zero-order valence-corrected chi connectivity index (χ0v) is 16.2. The van der Waals surface area contributed by atoms with Crippen LogP contribution in [0.2, 0.25) is 10.0 Å². The molecular formula is C18H14Cl2N5OS+. The van der Waals surface area contributed by atoms with E-state index in [0.717, 1.165) is 28.1 Å². The van der Waals surface area contributed by atoms with Crippen molar-refractivity contribution in [3.8, 4) is 11.5 Å². The Morgan fingerprint density at radius 3 is 2.93 bits per heavy atom. The minimum Gasteiger partial charge on any atom is -0.334 e. The van der Waals surface area contributed by atoms with Gasteiger partial charge in [0.05, 0.1) is 5.51 Å².